The third-order valence-corrected chi connectivity index (χ3v) is 4.41. The molecule has 0 saturated heterocycles. The van der Waals surface area contributed by atoms with Gasteiger partial charge >= 0.3 is 0 Å². The number of hydrogen-bond acceptors (Lipinski definition) is 4. The molecule has 0 unspecified atom stereocenters. The second-order valence-corrected chi connectivity index (χ2v) is 7.60. The van der Waals surface area contributed by atoms with Crippen LogP contribution in [-0.4, -0.2) is 22.6 Å². The normalized spacial score (nSPS) is 10.5. The Morgan fingerprint density at radius 2 is 2.12 bits per heavy atom. The number of hydrogen-bond donors (Lipinski definition) is 2. The third-order valence-electron chi connectivity index (χ3n) is 3.36. The van der Waals surface area contributed by atoms with Gasteiger partial charge in [0.25, 0.3) is 5.91 Å². The zero-order chi connectivity index (χ0) is 19.1. The van der Waals surface area contributed by atoms with Crippen LogP contribution >= 0.6 is 39.7 Å². The van der Waals surface area contributed by atoms with Gasteiger partial charge in [0, 0.05) is 5.56 Å². The van der Waals surface area contributed by atoms with Crippen LogP contribution in [0.5, 0.6) is 5.75 Å². The van der Waals surface area contributed by atoms with E-state index in [1.54, 1.807) is 30.3 Å². The maximum absolute atomic E-state index is 12.3. The number of nitrogens with one attached hydrogen (secondary N) is 2. The molecule has 8 heteroatoms. The molecule has 0 spiro atoms. The van der Waals surface area contributed by atoms with Gasteiger partial charge in [-0.1, -0.05) is 25.4 Å². The molecule has 0 bridgehead atoms. The van der Waals surface area contributed by atoms with E-state index in [-0.39, 0.29) is 11.0 Å². The van der Waals surface area contributed by atoms with Crippen molar-refractivity contribution in [3.05, 3.63) is 51.7 Å². The number of halogens is 2. The Morgan fingerprint density at radius 1 is 1.35 bits per heavy atom. The Morgan fingerprint density at radius 3 is 2.73 bits per heavy atom. The Bertz CT molecular complexity index is 785. The van der Waals surface area contributed by atoms with Crippen LogP contribution in [-0.2, 0) is 0 Å². The van der Waals surface area contributed by atoms with E-state index in [1.165, 1.54) is 6.20 Å². The van der Waals surface area contributed by atoms with Crippen molar-refractivity contribution in [1.82, 2.24) is 10.3 Å². The standard InChI is InChI=1S/C18H19BrClN3O2S/c1-11(2)7-8-25-15-5-3-12(9-14(15)19)17(24)23-18(26)22-13-4-6-16(20)21-10-13/h3-6,9-11H,7-8H2,1-2H3,(H2,22,23,24,26). The first-order chi connectivity index (χ1) is 12.3. The lowest BCUT2D eigenvalue weighted by atomic mass is 10.1. The van der Waals surface area contributed by atoms with Gasteiger partial charge in [-0.05, 0) is 70.8 Å². The summed E-state index contributed by atoms with van der Waals surface area (Å²) >= 11 is 14.3. The molecule has 1 heterocycles. The van der Waals surface area contributed by atoms with Crippen LogP contribution in [0.3, 0.4) is 0 Å². The Labute approximate surface area is 171 Å². The average Bonchev–Trinajstić information content (AvgIpc) is 2.58. The molecule has 0 saturated carbocycles. The number of anilines is 1. The fraction of sp³-hybridized carbons (Fsp3) is 0.278. The second kappa shape index (κ2) is 9.85. The van der Waals surface area contributed by atoms with Gasteiger partial charge in [-0.25, -0.2) is 4.98 Å². The molecule has 2 N–H and O–H groups in total. The number of nitrogens with zero attached hydrogens (tertiary/aromatic N) is 1. The predicted molar refractivity (Wildman–Crippen MR) is 112 cm³/mol. The molecule has 0 atom stereocenters. The van der Waals surface area contributed by atoms with Crippen molar-refractivity contribution in [3.63, 3.8) is 0 Å². The smallest absolute Gasteiger partial charge is 0.257 e. The van der Waals surface area contributed by atoms with E-state index < -0.39 is 0 Å². The number of rotatable bonds is 6. The van der Waals surface area contributed by atoms with E-state index >= 15 is 0 Å². The molecule has 0 aliphatic carbocycles. The number of ether oxygens (including phenoxy) is 1. The van der Waals surface area contributed by atoms with Crippen LogP contribution in [0.4, 0.5) is 5.69 Å². The summed E-state index contributed by atoms with van der Waals surface area (Å²) < 4.78 is 6.43. The Kier molecular flexibility index (Phi) is 7.81. The predicted octanol–water partition coefficient (Wildman–Crippen LogP) is 5.05. The number of carbonyl (C=O) groups excluding carboxylic acids is 1. The Hall–Kier alpha value is -1.70. The summed E-state index contributed by atoms with van der Waals surface area (Å²) in [6.07, 6.45) is 2.49. The monoisotopic (exact) mass is 455 g/mol. The molecule has 5 nitrogen and oxygen atoms in total. The highest BCUT2D eigenvalue weighted by Crippen LogP contribution is 2.26. The molecular formula is C18H19BrClN3O2S. The average molecular weight is 457 g/mol. The second-order valence-electron chi connectivity index (χ2n) is 5.95. The number of amides is 1. The third kappa shape index (κ3) is 6.55. The maximum Gasteiger partial charge on any atom is 0.257 e. The van der Waals surface area contributed by atoms with E-state index in [1.807, 2.05) is 0 Å². The molecule has 1 aromatic carbocycles. The van der Waals surface area contributed by atoms with Crippen LogP contribution in [0.15, 0.2) is 41.0 Å². The zero-order valence-corrected chi connectivity index (χ0v) is 17.5. The molecule has 0 fully saturated rings. The SMILES string of the molecule is CC(C)CCOc1ccc(C(=O)NC(=S)Nc2ccc(Cl)nc2)cc1Br. The van der Waals surface area contributed by atoms with Gasteiger partial charge in [-0.15, -0.1) is 0 Å². The summed E-state index contributed by atoms with van der Waals surface area (Å²) in [7, 11) is 0. The molecule has 0 aliphatic rings. The number of carbonyl (C=O) groups is 1. The molecule has 2 rings (SSSR count). The van der Waals surface area contributed by atoms with Crippen molar-refractivity contribution in [2.24, 2.45) is 5.92 Å². The summed E-state index contributed by atoms with van der Waals surface area (Å²) in [6.45, 7) is 4.91. The van der Waals surface area contributed by atoms with E-state index in [2.05, 4.69) is 45.4 Å². The van der Waals surface area contributed by atoms with Crippen LogP contribution < -0.4 is 15.4 Å². The van der Waals surface area contributed by atoms with Gasteiger partial charge in [0.2, 0.25) is 0 Å². The lowest BCUT2D eigenvalue weighted by Crippen LogP contribution is -2.34. The highest BCUT2D eigenvalue weighted by atomic mass is 79.9. The van der Waals surface area contributed by atoms with Crippen LogP contribution in [0.1, 0.15) is 30.6 Å². The van der Waals surface area contributed by atoms with Crippen LogP contribution in [0.2, 0.25) is 5.15 Å². The maximum atomic E-state index is 12.3. The summed E-state index contributed by atoms with van der Waals surface area (Å²) in [4.78, 5) is 16.3. The van der Waals surface area contributed by atoms with Crippen LogP contribution in [0, 0.1) is 5.92 Å². The molecule has 26 heavy (non-hydrogen) atoms. The topological polar surface area (TPSA) is 63.2 Å². The first kappa shape index (κ1) is 20.6. The molecule has 2 aromatic rings. The van der Waals surface area contributed by atoms with Gasteiger partial charge in [0.15, 0.2) is 5.11 Å². The first-order valence-corrected chi connectivity index (χ1v) is 9.59. The minimum absolute atomic E-state index is 0.174. The van der Waals surface area contributed by atoms with Crippen molar-refractivity contribution in [2.75, 3.05) is 11.9 Å². The quantitative estimate of drug-likeness (QED) is 0.470. The van der Waals surface area contributed by atoms with Crippen molar-refractivity contribution < 1.29 is 9.53 Å². The Balaban J connectivity index is 1.93. The number of thiocarbonyl (C=S) groups is 1. The molecule has 138 valence electrons. The van der Waals surface area contributed by atoms with Crippen molar-refractivity contribution >= 4 is 56.5 Å². The summed E-state index contributed by atoms with van der Waals surface area (Å²) in [6, 6.07) is 8.50. The highest BCUT2D eigenvalue weighted by molar-refractivity contribution is 9.10. The van der Waals surface area contributed by atoms with Crippen molar-refractivity contribution in [2.45, 2.75) is 20.3 Å². The van der Waals surface area contributed by atoms with Gasteiger partial charge in [0.05, 0.1) is 23.0 Å². The minimum atomic E-state index is -0.321. The lowest BCUT2D eigenvalue weighted by molar-refractivity contribution is 0.0977. The van der Waals surface area contributed by atoms with Crippen molar-refractivity contribution in [1.29, 1.82) is 0 Å². The lowest BCUT2D eigenvalue weighted by Gasteiger charge is -2.12. The zero-order valence-electron chi connectivity index (χ0n) is 14.4. The number of aromatic nitrogens is 1. The molecule has 0 radical (unpaired) electrons. The summed E-state index contributed by atoms with van der Waals surface area (Å²) in [5.74, 6) is 0.956. The van der Waals surface area contributed by atoms with Gasteiger partial charge in [-0.2, -0.15) is 0 Å². The van der Waals surface area contributed by atoms with Gasteiger partial charge < -0.3 is 10.1 Å². The minimum Gasteiger partial charge on any atom is -0.492 e. The molecule has 1 amide bonds. The first-order valence-electron chi connectivity index (χ1n) is 8.01. The molecule has 0 aliphatic heterocycles. The summed E-state index contributed by atoms with van der Waals surface area (Å²) in [5, 5.41) is 6.05. The summed E-state index contributed by atoms with van der Waals surface area (Å²) in [5.41, 5.74) is 1.10. The van der Waals surface area contributed by atoms with E-state index in [9.17, 15) is 4.79 Å². The van der Waals surface area contributed by atoms with Crippen LogP contribution in [0.25, 0.3) is 0 Å². The molecule has 1 aromatic heterocycles. The van der Waals surface area contributed by atoms with Gasteiger partial charge in [0.1, 0.15) is 10.9 Å². The largest absolute Gasteiger partial charge is 0.492 e. The fourth-order valence-corrected chi connectivity index (χ4v) is 2.77. The number of pyridine rings is 1. The number of benzene rings is 1. The fourth-order valence-electron chi connectivity index (χ4n) is 1.95. The van der Waals surface area contributed by atoms with Gasteiger partial charge in [-0.3, -0.25) is 10.1 Å². The van der Waals surface area contributed by atoms with E-state index in [0.717, 1.165) is 10.9 Å². The van der Waals surface area contributed by atoms with Crippen molar-refractivity contribution in [3.8, 4) is 5.75 Å². The molecular weight excluding hydrogens is 438 g/mol. The van der Waals surface area contributed by atoms with E-state index in [0.29, 0.717) is 34.7 Å². The highest BCUT2D eigenvalue weighted by Gasteiger charge is 2.11. The van der Waals surface area contributed by atoms with E-state index in [4.69, 9.17) is 28.6 Å².